The molecular formula is C13H17ClN2O. The minimum absolute atomic E-state index is 0.139. The second-order valence-electron chi connectivity index (χ2n) is 3.85. The molecule has 92 valence electrons. The van der Waals surface area contributed by atoms with Crippen LogP contribution in [0.4, 0.5) is 0 Å². The van der Waals surface area contributed by atoms with Crippen LogP contribution in [0.15, 0.2) is 18.2 Å². The van der Waals surface area contributed by atoms with Gasteiger partial charge >= 0.3 is 0 Å². The Morgan fingerprint density at radius 2 is 2.18 bits per heavy atom. The highest BCUT2D eigenvalue weighted by atomic mass is 35.5. The number of hydrogen-bond acceptors (Lipinski definition) is 3. The maximum Gasteiger partial charge on any atom is 0.181 e. The number of hydrogen-bond donors (Lipinski definition) is 1. The van der Waals surface area contributed by atoms with Crippen molar-refractivity contribution in [3.63, 3.8) is 0 Å². The van der Waals surface area contributed by atoms with Crippen molar-refractivity contribution in [1.82, 2.24) is 5.32 Å². The van der Waals surface area contributed by atoms with Gasteiger partial charge in [0.1, 0.15) is 11.8 Å². The number of halogens is 1. The fourth-order valence-electron chi connectivity index (χ4n) is 1.60. The highest BCUT2D eigenvalue weighted by molar-refractivity contribution is 6.30. The van der Waals surface area contributed by atoms with Crippen molar-refractivity contribution in [2.75, 3.05) is 6.54 Å². The van der Waals surface area contributed by atoms with Gasteiger partial charge in [0.25, 0.3) is 0 Å². The van der Waals surface area contributed by atoms with Crippen LogP contribution in [-0.2, 0) is 0 Å². The van der Waals surface area contributed by atoms with Gasteiger partial charge in [-0.05, 0) is 38.6 Å². The molecule has 4 heteroatoms. The van der Waals surface area contributed by atoms with Crippen LogP contribution in [0.25, 0.3) is 0 Å². The van der Waals surface area contributed by atoms with Crippen molar-refractivity contribution >= 4 is 11.6 Å². The van der Waals surface area contributed by atoms with Crippen LogP contribution in [0.2, 0.25) is 5.02 Å². The summed E-state index contributed by atoms with van der Waals surface area (Å²) >= 11 is 5.98. The second kappa shape index (κ2) is 6.48. The van der Waals surface area contributed by atoms with Gasteiger partial charge in [0, 0.05) is 16.6 Å². The summed E-state index contributed by atoms with van der Waals surface area (Å²) in [6, 6.07) is 7.63. The molecule has 0 heterocycles. The van der Waals surface area contributed by atoms with Gasteiger partial charge in [0.15, 0.2) is 6.10 Å². The molecule has 0 amide bonds. The summed E-state index contributed by atoms with van der Waals surface area (Å²) in [6.45, 7) is 6.66. The Morgan fingerprint density at radius 1 is 1.47 bits per heavy atom. The number of nitrogens with zero attached hydrogens (tertiary/aromatic N) is 1. The fraction of sp³-hybridized carbons (Fsp3) is 0.462. The van der Waals surface area contributed by atoms with E-state index in [0.717, 1.165) is 12.1 Å². The van der Waals surface area contributed by atoms with Crippen LogP contribution in [0.5, 0.6) is 5.75 Å². The van der Waals surface area contributed by atoms with E-state index in [2.05, 4.69) is 11.4 Å². The lowest BCUT2D eigenvalue weighted by atomic mass is 10.1. The third kappa shape index (κ3) is 3.92. The number of benzene rings is 1. The second-order valence-corrected chi connectivity index (χ2v) is 4.29. The van der Waals surface area contributed by atoms with Crippen molar-refractivity contribution in [2.24, 2.45) is 0 Å². The Bertz CT molecular complexity index is 414. The largest absolute Gasteiger partial charge is 0.476 e. The summed E-state index contributed by atoms with van der Waals surface area (Å²) in [5, 5.41) is 12.7. The van der Waals surface area contributed by atoms with E-state index < -0.39 is 6.10 Å². The molecule has 3 nitrogen and oxygen atoms in total. The van der Waals surface area contributed by atoms with Gasteiger partial charge in [-0.15, -0.1) is 0 Å². The molecule has 0 aliphatic rings. The zero-order valence-electron chi connectivity index (χ0n) is 10.3. The van der Waals surface area contributed by atoms with E-state index in [1.165, 1.54) is 0 Å². The molecule has 0 spiro atoms. The normalized spacial score (nSPS) is 13.8. The van der Waals surface area contributed by atoms with Crippen molar-refractivity contribution < 1.29 is 4.74 Å². The number of nitriles is 1. The monoisotopic (exact) mass is 252 g/mol. The molecule has 0 aromatic heterocycles. The van der Waals surface area contributed by atoms with E-state index in [0.29, 0.717) is 10.8 Å². The first-order valence-electron chi connectivity index (χ1n) is 5.67. The lowest BCUT2D eigenvalue weighted by Crippen LogP contribution is -2.19. The van der Waals surface area contributed by atoms with Crippen LogP contribution < -0.4 is 10.1 Å². The molecule has 0 aliphatic carbocycles. The fourth-order valence-corrected chi connectivity index (χ4v) is 1.78. The summed E-state index contributed by atoms with van der Waals surface area (Å²) < 4.78 is 5.56. The van der Waals surface area contributed by atoms with Gasteiger partial charge in [-0.25, -0.2) is 0 Å². The van der Waals surface area contributed by atoms with Gasteiger partial charge in [0.05, 0.1) is 0 Å². The van der Waals surface area contributed by atoms with Crippen molar-refractivity contribution in [3.05, 3.63) is 28.8 Å². The van der Waals surface area contributed by atoms with Gasteiger partial charge in [-0.2, -0.15) is 5.26 Å². The molecule has 1 N–H and O–H groups in total. The maximum absolute atomic E-state index is 8.77. The van der Waals surface area contributed by atoms with Gasteiger partial charge in [-0.3, -0.25) is 0 Å². The van der Waals surface area contributed by atoms with Crippen LogP contribution in [0.3, 0.4) is 0 Å². The molecule has 0 radical (unpaired) electrons. The molecule has 0 bridgehead atoms. The van der Waals surface area contributed by atoms with Crippen LogP contribution in [-0.4, -0.2) is 12.6 Å². The molecule has 0 saturated heterocycles. The Kier molecular flexibility index (Phi) is 5.27. The van der Waals surface area contributed by atoms with Gasteiger partial charge in [0.2, 0.25) is 0 Å². The average Bonchev–Trinajstić information content (AvgIpc) is 2.31. The smallest absolute Gasteiger partial charge is 0.181 e. The third-order valence-corrected chi connectivity index (χ3v) is 2.67. The first kappa shape index (κ1) is 13.8. The van der Waals surface area contributed by atoms with Crippen LogP contribution >= 0.6 is 11.6 Å². The Morgan fingerprint density at radius 3 is 2.76 bits per heavy atom. The standard InChI is InChI=1S/C13H17ClN2O/c1-4-16-10(3)12-7-11(14)5-6-13(12)17-9(2)8-15/h5-7,9-10,16H,4H2,1-3H3. The van der Waals surface area contributed by atoms with Crippen molar-refractivity contribution in [3.8, 4) is 11.8 Å². The zero-order valence-corrected chi connectivity index (χ0v) is 11.1. The van der Waals surface area contributed by atoms with Crippen molar-refractivity contribution in [2.45, 2.75) is 32.9 Å². The van der Waals surface area contributed by atoms with Gasteiger partial charge < -0.3 is 10.1 Å². The van der Waals surface area contributed by atoms with E-state index >= 15 is 0 Å². The predicted molar refractivity (Wildman–Crippen MR) is 69.2 cm³/mol. The summed E-state index contributed by atoms with van der Waals surface area (Å²) in [5.74, 6) is 0.705. The lowest BCUT2D eigenvalue weighted by molar-refractivity contribution is 0.271. The molecule has 0 aliphatic heterocycles. The zero-order chi connectivity index (χ0) is 12.8. The molecule has 1 rings (SSSR count). The highest BCUT2D eigenvalue weighted by Crippen LogP contribution is 2.29. The minimum atomic E-state index is -0.469. The minimum Gasteiger partial charge on any atom is -0.476 e. The molecule has 1 aromatic rings. The average molecular weight is 253 g/mol. The first-order chi connectivity index (χ1) is 8.08. The van der Waals surface area contributed by atoms with E-state index in [1.807, 2.05) is 19.9 Å². The molecule has 1 aromatic carbocycles. The van der Waals surface area contributed by atoms with E-state index in [9.17, 15) is 0 Å². The van der Waals surface area contributed by atoms with E-state index in [4.69, 9.17) is 21.6 Å². The third-order valence-electron chi connectivity index (χ3n) is 2.43. The molecular weight excluding hydrogens is 236 g/mol. The van der Waals surface area contributed by atoms with Crippen LogP contribution in [0.1, 0.15) is 32.4 Å². The Labute approximate surface area is 107 Å². The summed E-state index contributed by atoms with van der Waals surface area (Å²) in [6.07, 6.45) is -0.469. The summed E-state index contributed by atoms with van der Waals surface area (Å²) in [5.41, 5.74) is 0.974. The molecule has 17 heavy (non-hydrogen) atoms. The SMILES string of the molecule is CCNC(C)c1cc(Cl)ccc1OC(C)C#N. The quantitative estimate of drug-likeness (QED) is 0.875. The highest BCUT2D eigenvalue weighted by Gasteiger charge is 2.13. The Balaban J connectivity index is 2.99. The van der Waals surface area contributed by atoms with Crippen molar-refractivity contribution in [1.29, 1.82) is 5.26 Å². The predicted octanol–water partition coefficient (Wildman–Crippen LogP) is 3.30. The number of nitrogens with one attached hydrogen (secondary N) is 1. The van der Waals surface area contributed by atoms with E-state index in [-0.39, 0.29) is 6.04 Å². The summed E-state index contributed by atoms with van der Waals surface area (Å²) in [7, 11) is 0. The Hall–Kier alpha value is -1.24. The van der Waals surface area contributed by atoms with E-state index in [1.54, 1.807) is 19.1 Å². The van der Waals surface area contributed by atoms with Gasteiger partial charge in [-0.1, -0.05) is 18.5 Å². The van der Waals surface area contributed by atoms with Crippen LogP contribution in [0, 0.1) is 11.3 Å². The molecule has 2 unspecified atom stereocenters. The number of rotatable bonds is 5. The summed E-state index contributed by atoms with van der Waals surface area (Å²) in [4.78, 5) is 0. The maximum atomic E-state index is 8.77. The topological polar surface area (TPSA) is 45.0 Å². The number of ether oxygens (including phenoxy) is 1. The molecule has 0 saturated carbocycles. The lowest BCUT2D eigenvalue weighted by Gasteiger charge is -2.18. The first-order valence-corrected chi connectivity index (χ1v) is 6.05. The molecule has 0 fully saturated rings. The molecule has 2 atom stereocenters.